The van der Waals surface area contributed by atoms with Crippen LogP contribution >= 0.6 is 24.0 Å². The monoisotopic (exact) mass is 491 g/mol. The van der Waals surface area contributed by atoms with Gasteiger partial charge >= 0.3 is 0 Å². The van der Waals surface area contributed by atoms with Crippen molar-refractivity contribution in [3.05, 3.63) is 17.0 Å². The number of aryl methyl sites for hydroxylation is 2. The van der Waals surface area contributed by atoms with Gasteiger partial charge in [-0.2, -0.15) is 5.10 Å². The highest BCUT2D eigenvalue weighted by Gasteiger charge is 2.18. The average molecular weight is 491 g/mol. The fourth-order valence-electron chi connectivity index (χ4n) is 3.16. The molecule has 2 rings (SSSR count). The number of aliphatic imine (C=N–C) groups is 1. The van der Waals surface area contributed by atoms with Crippen LogP contribution in [0.5, 0.6) is 0 Å². The van der Waals surface area contributed by atoms with Gasteiger partial charge in [-0.15, -0.1) is 24.0 Å². The number of amides is 1. The van der Waals surface area contributed by atoms with E-state index in [-0.39, 0.29) is 29.9 Å². The van der Waals surface area contributed by atoms with Crippen molar-refractivity contribution >= 4 is 35.8 Å². The van der Waals surface area contributed by atoms with Gasteiger partial charge in [-0.05, 0) is 20.8 Å². The smallest absolute Gasteiger partial charge is 0.219 e. The van der Waals surface area contributed by atoms with Crippen molar-refractivity contribution in [1.29, 1.82) is 0 Å². The van der Waals surface area contributed by atoms with Crippen molar-refractivity contribution in [3.63, 3.8) is 0 Å². The van der Waals surface area contributed by atoms with Crippen LogP contribution in [0, 0.1) is 13.8 Å². The van der Waals surface area contributed by atoms with Crippen LogP contribution < -0.4 is 10.6 Å². The van der Waals surface area contributed by atoms with Crippen LogP contribution in [-0.2, 0) is 18.4 Å². The topological polar surface area (TPSA) is 77.8 Å². The molecule has 0 aromatic carbocycles. The van der Waals surface area contributed by atoms with Crippen LogP contribution in [-0.4, -0.2) is 77.3 Å². The van der Waals surface area contributed by atoms with Crippen LogP contribution in [0.2, 0.25) is 0 Å². The van der Waals surface area contributed by atoms with Gasteiger partial charge in [-0.25, -0.2) is 4.99 Å². The number of aromatic nitrogens is 2. The lowest BCUT2D eigenvalue weighted by molar-refractivity contribution is -0.130. The second kappa shape index (κ2) is 11.5. The third kappa shape index (κ3) is 6.95. The molecule has 2 heterocycles. The average Bonchev–Trinajstić information content (AvgIpc) is 2.85. The molecular formula is C18H34IN7O. The molecule has 27 heavy (non-hydrogen) atoms. The molecule has 0 atom stereocenters. The summed E-state index contributed by atoms with van der Waals surface area (Å²) in [5.74, 6) is 1.00. The van der Waals surface area contributed by atoms with Crippen molar-refractivity contribution in [1.82, 2.24) is 30.2 Å². The van der Waals surface area contributed by atoms with E-state index < -0.39 is 0 Å². The number of nitrogens with one attached hydrogen (secondary N) is 2. The maximum Gasteiger partial charge on any atom is 0.219 e. The number of hydrogen-bond donors (Lipinski definition) is 2. The van der Waals surface area contributed by atoms with Gasteiger partial charge in [0.25, 0.3) is 0 Å². The number of rotatable bonds is 6. The highest BCUT2D eigenvalue weighted by atomic mass is 127. The SMILES string of the molecule is CCNC(=NCc1c(C)nn(C)c1C)NCCN1CCN(C(C)=O)CC1.I. The molecule has 1 aliphatic heterocycles. The maximum atomic E-state index is 11.4. The third-order valence-corrected chi connectivity index (χ3v) is 4.94. The molecule has 9 heteroatoms. The lowest BCUT2D eigenvalue weighted by Gasteiger charge is -2.34. The van der Waals surface area contributed by atoms with Crippen LogP contribution in [0.4, 0.5) is 0 Å². The molecule has 0 unspecified atom stereocenters. The van der Waals surface area contributed by atoms with Crippen molar-refractivity contribution in [3.8, 4) is 0 Å². The minimum absolute atomic E-state index is 0. The summed E-state index contributed by atoms with van der Waals surface area (Å²) in [6, 6.07) is 0. The second-order valence-electron chi connectivity index (χ2n) is 6.74. The Bertz CT molecular complexity index is 636. The van der Waals surface area contributed by atoms with E-state index in [1.54, 1.807) is 6.92 Å². The Morgan fingerprint density at radius 3 is 2.37 bits per heavy atom. The molecule has 1 aromatic rings. The van der Waals surface area contributed by atoms with Gasteiger partial charge in [0.05, 0.1) is 12.2 Å². The highest BCUT2D eigenvalue weighted by Crippen LogP contribution is 2.12. The van der Waals surface area contributed by atoms with Crippen LogP contribution in [0.25, 0.3) is 0 Å². The largest absolute Gasteiger partial charge is 0.357 e. The molecule has 154 valence electrons. The first-order chi connectivity index (χ1) is 12.4. The Morgan fingerprint density at radius 1 is 1.19 bits per heavy atom. The van der Waals surface area contributed by atoms with E-state index in [2.05, 4.69) is 34.5 Å². The normalized spacial score (nSPS) is 15.4. The van der Waals surface area contributed by atoms with Gasteiger partial charge in [-0.1, -0.05) is 0 Å². The first-order valence-electron chi connectivity index (χ1n) is 9.41. The van der Waals surface area contributed by atoms with Gasteiger partial charge in [0.15, 0.2) is 5.96 Å². The first-order valence-corrected chi connectivity index (χ1v) is 9.41. The summed E-state index contributed by atoms with van der Waals surface area (Å²) < 4.78 is 1.90. The maximum absolute atomic E-state index is 11.4. The number of nitrogens with zero attached hydrogens (tertiary/aromatic N) is 5. The minimum Gasteiger partial charge on any atom is -0.357 e. The lowest BCUT2D eigenvalue weighted by atomic mass is 10.2. The predicted octanol–water partition coefficient (Wildman–Crippen LogP) is 0.874. The third-order valence-electron chi connectivity index (χ3n) is 4.94. The Kier molecular flexibility index (Phi) is 10.1. The molecule has 1 aliphatic rings. The Balaban J connectivity index is 0.00000364. The van der Waals surface area contributed by atoms with Crippen LogP contribution in [0.1, 0.15) is 30.8 Å². The molecular weight excluding hydrogens is 457 g/mol. The fourth-order valence-corrected chi connectivity index (χ4v) is 3.16. The Morgan fingerprint density at radius 2 is 1.85 bits per heavy atom. The molecule has 1 saturated heterocycles. The second-order valence-corrected chi connectivity index (χ2v) is 6.74. The van der Waals surface area contributed by atoms with E-state index in [4.69, 9.17) is 4.99 Å². The van der Waals surface area contributed by atoms with Crippen molar-refractivity contribution in [2.75, 3.05) is 45.8 Å². The van der Waals surface area contributed by atoms with Gasteiger partial charge in [0.1, 0.15) is 0 Å². The number of carbonyl (C=O) groups excluding carboxylic acids is 1. The highest BCUT2D eigenvalue weighted by molar-refractivity contribution is 14.0. The summed E-state index contributed by atoms with van der Waals surface area (Å²) in [4.78, 5) is 20.4. The quantitative estimate of drug-likeness (QED) is 0.351. The van der Waals surface area contributed by atoms with Crippen LogP contribution in [0.3, 0.4) is 0 Å². The summed E-state index contributed by atoms with van der Waals surface area (Å²) in [6.07, 6.45) is 0. The van der Waals surface area contributed by atoms with Crippen molar-refractivity contribution < 1.29 is 4.79 Å². The summed E-state index contributed by atoms with van der Waals surface area (Å²) in [6.45, 7) is 14.5. The number of carbonyl (C=O) groups is 1. The molecule has 1 fully saturated rings. The molecule has 0 radical (unpaired) electrons. The number of hydrogen-bond acceptors (Lipinski definition) is 4. The number of piperazine rings is 1. The molecule has 1 amide bonds. The fraction of sp³-hybridized carbons (Fsp3) is 0.722. The van der Waals surface area contributed by atoms with E-state index in [1.165, 1.54) is 5.56 Å². The Labute approximate surface area is 179 Å². The van der Waals surface area contributed by atoms with E-state index in [0.717, 1.165) is 63.2 Å². The molecule has 0 bridgehead atoms. The summed E-state index contributed by atoms with van der Waals surface area (Å²) in [7, 11) is 1.96. The summed E-state index contributed by atoms with van der Waals surface area (Å²) in [5.41, 5.74) is 3.38. The lowest BCUT2D eigenvalue weighted by Crippen LogP contribution is -2.50. The molecule has 1 aromatic heterocycles. The minimum atomic E-state index is 0. The van der Waals surface area contributed by atoms with Gasteiger partial charge in [0, 0.05) is 71.0 Å². The zero-order valence-corrected chi connectivity index (χ0v) is 19.5. The standard InChI is InChI=1S/C18H33N7O.HI/c1-6-19-18(21-13-17-14(2)22-23(5)15(17)3)20-7-8-24-9-11-25(12-10-24)16(4)26;/h6-13H2,1-5H3,(H2,19,20,21);1H. The zero-order valence-electron chi connectivity index (χ0n) is 17.2. The van der Waals surface area contributed by atoms with Crippen molar-refractivity contribution in [2.45, 2.75) is 34.2 Å². The molecule has 0 saturated carbocycles. The zero-order chi connectivity index (χ0) is 19.1. The first kappa shape index (κ1) is 23.7. The van der Waals surface area contributed by atoms with Gasteiger partial charge < -0.3 is 15.5 Å². The molecule has 0 aliphatic carbocycles. The Hall–Kier alpha value is -1.36. The summed E-state index contributed by atoms with van der Waals surface area (Å²) in [5, 5.41) is 11.2. The molecule has 2 N–H and O–H groups in total. The van der Waals surface area contributed by atoms with Gasteiger partial charge in [0.2, 0.25) is 5.91 Å². The van der Waals surface area contributed by atoms with E-state index >= 15 is 0 Å². The van der Waals surface area contributed by atoms with Crippen LogP contribution in [0.15, 0.2) is 4.99 Å². The number of guanidine groups is 1. The molecule has 8 nitrogen and oxygen atoms in total. The predicted molar refractivity (Wildman–Crippen MR) is 120 cm³/mol. The van der Waals surface area contributed by atoms with E-state index in [9.17, 15) is 4.79 Å². The van der Waals surface area contributed by atoms with Crippen molar-refractivity contribution in [2.24, 2.45) is 12.0 Å². The van der Waals surface area contributed by atoms with E-state index in [0.29, 0.717) is 6.54 Å². The van der Waals surface area contributed by atoms with E-state index in [1.807, 2.05) is 23.6 Å². The summed E-state index contributed by atoms with van der Waals surface area (Å²) >= 11 is 0. The molecule has 0 spiro atoms. The van der Waals surface area contributed by atoms with Gasteiger partial charge in [-0.3, -0.25) is 14.4 Å². The number of halogens is 1.